The van der Waals surface area contributed by atoms with E-state index in [2.05, 4.69) is 45.5 Å². The third-order valence-corrected chi connectivity index (χ3v) is 5.58. The van der Waals surface area contributed by atoms with Crippen LogP contribution in [0, 0.1) is 5.92 Å². The molecule has 0 heterocycles. The van der Waals surface area contributed by atoms with Crippen molar-refractivity contribution in [3.05, 3.63) is 34.3 Å². The second-order valence-corrected chi connectivity index (χ2v) is 7.47. The van der Waals surface area contributed by atoms with E-state index in [1.807, 2.05) is 0 Å². The molecule has 1 amide bonds. The van der Waals surface area contributed by atoms with E-state index in [4.69, 9.17) is 5.73 Å². The van der Waals surface area contributed by atoms with Crippen molar-refractivity contribution in [2.24, 2.45) is 11.7 Å². The van der Waals surface area contributed by atoms with Gasteiger partial charge in [-0.25, -0.2) is 0 Å². The summed E-state index contributed by atoms with van der Waals surface area (Å²) in [6, 6.07) is 8.54. The molecule has 3 rings (SSSR count). The summed E-state index contributed by atoms with van der Waals surface area (Å²) < 4.78 is 1.07. The van der Waals surface area contributed by atoms with Crippen LogP contribution in [0.1, 0.15) is 50.5 Å². The first-order valence-corrected chi connectivity index (χ1v) is 8.72. The van der Waals surface area contributed by atoms with Gasteiger partial charge in [-0.1, -0.05) is 34.5 Å². The summed E-state index contributed by atoms with van der Waals surface area (Å²) in [6.07, 6.45) is 7.21. The number of rotatable bonds is 3. The number of amides is 1. The Balaban J connectivity index is 1.71. The van der Waals surface area contributed by atoms with Crippen molar-refractivity contribution >= 4 is 21.8 Å². The van der Waals surface area contributed by atoms with Gasteiger partial charge in [0, 0.05) is 16.4 Å². The van der Waals surface area contributed by atoms with Crippen LogP contribution in [-0.4, -0.2) is 11.9 Å². The molecule has 3 nitrogen and oxygen atoms in total. The van der Waals surface area contributed by atoms with Crippen molar-refractivity contribution in [1.82, 2.24) is 5.32 Å². The Morgan fingerprint density at radius 1 is 1.19 bits per heavy atom. The predicted octanol–water partition coefficient (Wildman–Crippen LogP) is 3.46. The van der Waals surface area contributed by atoms with Crippen LogP contribution in [-0.2, 0) is 10.3 Å². The highest BCUT2D eigenvalue weighted by Crippen LogP contribution is 2.42. The molecule has 2 aliphatic carbocycles. The highest BCUT2D eigenvalue weighted by Gasteiger charge is 2.41. The molecule has 3 N–H and O–H groups in total. The summed E-state index contributed by atoms with van der Waals surface area (Å²) in [5, 5.41) is 3.35. The fourth-order valence-electron chi connectivity index (χ4n) is 3.59. The van der Waals surface area contributed by atoms with E-state index in [9.17, 15) is 4.79 Å². The Kier molecular flexibility index (Phi) is 4.36. The SMILES string of the molecule is NC1CCCC(C(=O)NC2(c3ccc(Br)cc3)CCC2)C1. The normalized spacial score (nSPS) is 27.7. The minimum Gasteiger partial charge on any atom is -0.346 e. The van der Waals surface area contributed by atoms with Gasteiger partial charge in [-0.3, -0.25) is 4.79 Å². The van der Waals surface area contributed by atoms with Crippen molar-refractivity contribution in [2.75, 3.05) is 0 Å². The molecular formula is C17H23BrN2O. The van der Waals surface area contributed by atoms with Gasteiger partial charge in [0.15, 0.2) is 0 Å². The third kappa shape index (κ3) is 3.16. The first kappa shape index (κ1) is 15.0. The molecule has 2 unspecified atom stereocenters. The number of hydrogen-bond donors (Lipinski definition) is 2. The predicted molar refractivity (Wildman–Crippen MR) is 87.7 cm³/mol. The smallest absolute Gasteiger partial charge is 0.223 e. The molecule has 0 aromatic heterocycles. The van der Waals surface area contributed by atoms with E-state index in [1.165, 1.54) is 12.0 Å². The lowest BCUT2D eigenvalue weighted by Gasteiger charge is -2.44. The van der Waals surface area contributed by atoms with Gasteiger partial charge >= 0.3 is 0 Å². The van der Waals surface area contributed by atoms with E-state index in [0.717, 1.165) is 43.0 Å². The van der Waals surface area contributed by atoms with Crippen molar-refractivity contribution in [3.8, 4) is 0 Å². The number of benzene rings is 1. The van der Waals surface area contributed by atoms with Crippen LogP contribution in [0.15, 0.2) is 28.7 Å². The monoisotopic (exact) mass is 350 g/mol. The minimum atomic E-state index is -0.140. The van der Waals surface area contributed by atoms with Crippen LogP contribution >= 0.6 is 15.9 Å². The van der Waals surface area contributed by atoms with Crippen molar-refractivity contribution in [1.29, 1.82) is 0 Å². The molecule has 1 aromatic rings. The van der Waals surface area contributed by atoms with Crippen LogP contribution in [0.5, 0.6) is 0 Å². The first-order valence-electron chi connectivity index (χ1n) is 7.93. The van der Waals surface area contributed by atoms with Gasteiger partial charge in [-0.05, 0) is 56.2 Å². The highest BCUT2D eigenvalue weighted by atomic mass is 79.9. The van der Waals surface area contributed by atoms with Gasteiger partial charge in [0.1, 0.15) is 0 Å². The highest BCUT2D eigenvalue weighted by molar-refractivity contribution is 9.10. The molecule has 2 saturated carbocycles. The molecule has 0 aliphatic heterocycles. The van der Waals surface area contributed by atoms with Crippen LogP contribution in [0.3, 0.4) is 0 Å². The fraction of sp³-hybridized carbons (Fsp3) is 0.588. The molecule has 21 heavy (non-hydrogen) atoms. The van der Waals surface area contributed by atoms with Gasteiger partial charge in [-0.15, -0.1) is 0 Å². The number of nitrogens with two attached hydrogens (primary N) is 1. The average molecular weight is 351 g/mol. The standard InChI is InChI=1S/C17H23BrN2O/c18-14-7-5-13(6-8-14)17(9-2-10-17)20-16(21)12-3-1-4-15(19)11-12/h5-8,12,15H,1-4,9-11,19H2,(H,20,21). The van der Waals surface area contributed by atoms with E-state index in [0.29, 0.717) is 0 Å². The lowest BCUT2D eigenvalue weighted by atomic mass is 9.71. The van der Waals surface area contributed by atoms with Gasteiger partial charge in [0.05, 0.1) is 5.54 Å². The Labute approximate surface area is 134 Å². The summed E-state index contributed by atoms with van der Waals surface area (Å²) >= 11 is 3.47. The van der Waals surface area contributed by atoms with Crippen molar-refractivity contribution in [3.63, 3.8) is 0 Å². The van der Waals surface area contributed by atoms with E-state index >= 15 is 0 Å². The topological polar surface area (TPSA) is 55.1 Å². The second-order valence-electron chi connectivity index (χ2n) is 6.56. The molecule has 114 valence electrons. The Hall–Kier alpha value is -0.870. The van der Waals surface area contributed by atoms with Gasteiger partial charge in [0.2, 0.25) is 5.91 Å². The summed E-state index contributed by atoms with van der Waals surface area (Å²) in [6.45, 7) is 0. The Morgan fingerprint density at radius 3 is 2.48 bits per heavy atom. The number of carbonyl (C=O) groups is 1. The molecule has 4 heteroatoms. The molecule has 2 aliphatic rings. The van der Waals surface area contributed by atoms with E-state index in [1.54, 1.807) is 0 Å². The maximum absolute atomic E-state index is 12.6. The maximum Gasteiger partial charge on any atom is 0.223 e. The largest absolute Gasteiger partial charge is 0.346 e. The Bertz CT molecular complexity index is 510. The van der Waals surface area contributed by atoms with E-state index in [-0.39, 0.29) is 23.4 Å². The summed E-state index contributed by atoms with van der Waals surface area (Å²) in [5.74, 6) is 0.300. The first-order chi connectivity index (χ1) is 10.1. The molecule has 0 radical (unpaired) electrons. The number of halogens is 1. The van der Waals surface area contributed by atoms with Gasteiger partial charge in [0.25, 0.3) is 0 Å². The fourth-order valence-corrected chi connectivity index (χ4v) is 3.85. The second kappa shape index (κ2) is 6.09. The van der Waals surface area contributed by atoms with Gasteiger partial charge in [-0.2, -0.15) is 0 Å². The minimum absolute atomic E-state index is 0.0988. The van der Waals surface area contributed by atoms with E-state index < -0.39 is 0 Å². The molecule has 0 bridgehead atoms. The summed E-state index contributed by atoms with van der Waals surface area (Å²) in [5.41, 5.74) is 7.10. The van der Waals surface area contributed by atoms with Crippen LogP contribution < -0.4 is 11.1 Å². The van der Waals surface area contributed by atoms with Crippen molar-refractivity contribution < 1.29 is 4.79 Å². The molecule has 0 saturated heterocycles. The summed E-state index contributed by atoms with van der Waals surface area (Å²) in [4.78, 5) is 12.6. The molecule has 1 aromatic carbocycles. The number of hydrogen-bond acceptors (Lipinski definition) is 2. The van der Waals surface area contributed by atoms with Gasteiger partial charge < -0.3 is 11.1 Å². The van der Waals surface area contributed by atoms with Crippen LogP contribution in [0.2, 0.25) is 0 Å². The molecule has 2 fully saturated rings. The van der Waals surface area contributed by atoms with Crippen LogP contribution in [0.25, 0.3) is 0 Å². The Morgan fingerprint density at radius 2 is 1.90 bits per heavy atom. The lowest BCUT2D eigenvalue weighted by molar-refractivity contribution is -0.129. The zero-order chi connectivity index (χ0) is 14.9. The lowest BCUT2D eigenvalue weighted by Crippen LogP contribution is -2.53. The molecule has 2 atom stereocenters. The quantitative estimate of drug-likeness (QED) is 0.876. The summed E-state index contributed by atoms with van der Waals surface area (Å²) in [7, 11) is 0. The maximum atomic E-state index is 12.6. The van der Waals surface area contributed by atoms with Crippen LogP contribution in [0.4, 0.5) is 0 Å². The number of carbonyl (C=O) groups excluding carboxylic acids is 1. The molecule has 0 spiro atoms. The average Bonchev–Trinajstić information content (AvgIpc) is 2.44. The van der Waals surface area contributed by atoms with Crippen molar-refractivity contribution in [2.45, 2.75) is 56.5 Å². The molecular weight excluding hydrogens is 328 g/mol. The zero-order valence-electron chi connectivity index (χ0n) is 12.3. The number of nitrogens with one attached hydrogen (secondary N) is 1. The third-order valence-electron chi connectivity index (χ3n) is 5.05. The zero-order valence-corrected chi connectivity index (χ0v) is 13.9.